The van der Waals surface area contributed by atoms with Crippen molar-refractivity contribution in [2.45, 2.75) is 70.6 Å². The summed E-state index contributed by atoms with van der Waals surface area (Å²) in [6.07, 6.45) is 2.73. The predicted octanol–water partition coefficient (Wildman–Crippen LogP) is 5.26. The molecule has 9 nitrogen and oxygen atoms in total. The highest BCUT2D eigenvalue weighted by Crippen LogP contribution is 2.30. The van der Waals surface area contributed by atoms with Crippen LogP contribution in [-0.4, -0.2) is 51.2 Å². The molecule has 2 amide bonds. The van der Waals surface area contributed by atoms with Crippen molar-refractivity contribution in [2.75, 3.05) is 18.2 Å². The lowest BCUT2D eigenvalue weighted by atomic mass is 9.93. The minimum absolute atomic E-state index is 0.00791. The summed E-state index contributed by atoms with van der Waals surface area (Å²) in [4.78, 5) is 24.8. The fourth-order valence-electron chi connectivity index (χ4n) is 4.12. The maximum absolute atomic E-state index is 12.8. The van der Waals surface area contributed by atoms with E-state index in [0.29, 0.717) is 37.8 Å². The van der Waals surface area contributed by atoms with Gasteiger partial charge >= 0.3 is 12.2 Å². The summed E-state index contributed by atoms with van der Waals surface area (Å²) < 4.78 is 38.4. The van der Waals surface area contributed by atoms with Crippen molar-refractivity contribution in [1.82, 2.24) is 5.32 Å². The Balaban J connectivity index is 1.60. The number of carbonyl (C=O) groups excluding carboxylic acids is 2. The molecule has 0 heterocycles. The Morgan fingerprint density at radius 2 is 1.65 bits per heavy atom. The van der Waals surface area contributed by atoms with Gasteiger partial charge in [-0.15, -0.1) is 0 Å². The number of ether oxygens (including phenoxy) is 2. The van der Waals surface area contributed by atoms with Crippen molar-refractivity contribution in [3.05, 3.63) is 54.1 Å². The molecule has 202 valence electrons. The molecule has 0 unspecified atom stereocenters. The number of carbonyl (C=O) groups is 2. The lowest BCUT2D eigenvalue weighted by Crippen LogP contribution is -2.42. The van der Waals surface area contributed by atoms with Gasteiger partial charge in [-0.1, -0.05) is 42.5 Å². The van der Waals surface area contributed by atoms with Crippen LogP contribution in [-0.2, 0) is 30.2 Å². The van der Waals surface area contributed by atoms with Crippen LogP contribution in [0, 0.1) is 0 Å². The zero-order valence-corrected chi connectivity index (χ0v) is 22.6. The van der Waals surface area contributed by atoms with E-state index in [-0.39, 0.29) is 18.8 Å². The molecule has 0 aliphatic heterocycles. The largest absolute Gasteiger partial charge is 0.446 e. The highest BCUT2D eigenvalue weighted by Gasteiger charge is 2.27. The van der Waals surface area contributed by atoms with Gasteiger partial charge in [-0.25, -0.2) is 9.59 Å². The highest BCUT2D eigenvalue weighted by molar-refractivity contribution is 7.85. The topological polar surface area (TPSA) is 120 Å². The van der Waals surface area contributed by atoms with Crippen LogP contribution >= 0.6 is 0 Å². The lowest BCUT2D eigenvalue weighted by molar-refractivity contribution is 0.0440. The van der Waals surface area contributed by atoms with Crippen LogP contribution < -0.4 is 10.6 Å². The molecule has 2 N–H and O–H groups in total. The van der Waals surface area contributed by atoms with Crippen LogP contribution in [0.5, 0.6) is 0 Å². The van der Waals surface area contributed by atoms with Gasteiger partial charge in [0.25, 0.3) is 10.1 Å². The molecule has 0 saturated heterocycles. The molecule has 0 radical (unpaired) electrons. The summed E-state index contributed by atoms with van der Waals surface area (Å²) in [7, 11) is -3.53. The molecule has 1 fully saturated rings. The van der Waals surface area contributed by atoms with Crippen molar-refractivity contribution in [3.63, 3.8) is 0 Å². The summed E-state index contributed by atoms with van der Waals surface area (Å²) in [5.41, 5.74) is 2.56. The zero-order valence-electron chi connectivity index (χ0n) is 21.8. The molecule has 1 saturated carbocycles. The number of nitrogens with one attached hydrogen (secondary N) is 2. The summed E-state index contributed by atoms with van der Waals surface area (Å²) in [5.74, 6) is 0. The van der Waals surface area contributed by atoms with E-state index in [4.69, 9.17) is 13.7 Å². The minimum atomic E-state index is -3.53. The zero-order chi connectivity index (χ0) is 27.1. The number of benzene rings is 2. The maximum Gasteiger partial charge on any atom is 0.411 e. The van der Waals surface area contributed by atoms with E-state index in [0.717, 1.165) is 22.9 Å². The smallest absolute Gasteiger partial charge is 0.411 e. The number of anilines is 1. The Kier molecular flexibility index (Phi) is 9.56. The van der Waals surface area contributed by atoms with Crippen molar-refractivity contribution < 1.29 is 31.7 Å². The van der Waals surface area contributed by atoms with Gasteiger partial charge in [0.1, 0.15) is 11.7 Å². The SMILES string of the molecule is CC(C)(C)OC(=O)N[C@H]1CC[C@H](OC(=O)Nc2cc(CCOS(C)(=O)=O)ccc2-c2ccccc2)CC1. The third kappa shape index (κ3) is 10.0. The standard InChI is InChI=1S/C27H36N2O7S/c1-27(2,3)36-26(31)28-21-11-13-22(14-12-21)35-25(30)29-24-18-19(16-17-34-37(4,32)33)10-15-23(24)20-8-6-5-7-9-20/h5-10,15,18,21-22H,11-14,16-17H2,1-4H3,(H,28,31)(H,29,30)/t21-,22-. The monoisotopic (exact) mass is 532 g/mol. The van der Waals surface area contributed by atoms with Gasteiger partial charge in [0.15, 0.2) is 0 Å². The van der Waals surface area contributed by atoms with Crippen molar-refractivity contribution >= 4 is 28.0 Å². The summed E-state index contributed by atoms with van der Waals surface area (Å²) in [6, 6.07) is 15.2. The molecule has 37 heavy (non-hydrogen) atoms. The Hall–Kier alpha value is -3.11. The van der Waals surface area contributed by atoms with Crippen molar-refractivity contribution in [1.29, 1.82) is 0 Å². The molecule has 0 bridgehead atoms. The maximum atomic E-state index is 12.8. The van der Waals surface area contributed by atoms with E-state index in [1.165, 1.54) is 0 Å². The molecule has 0 atom stereocenters. The number of hydrogen-bond acceptors (Lipinski definition) is 7. The molecular formula is C27H36N2O7S. The molecule has 2 aromatic carbocycles. The molecule has 10 heteroatoms. The molecule has 0 spiro atoms. The van der Waals surface area contributed by atoms with E-state index in [1.807, 2.05) is 63.2 Å². The summed E-state index contributed by atoms with van der Waals surface area (Å²) in [5, 5.41) is 5.74. The van der Waals surface area contributed by atoms with E-state index >= 15 is 0 Å². The van der Waals surface area contributed by atoms with Crippen LogP contribution in [0.2, 0.25) is 0 Å². The number of amides is 2. The first kappa shape index (κ1) is 28.5. The fraction of sp³-hybridized carbons (Fsp3) is 0.481. The molecule has 3 rings (SSSR count). The van der Waals surface area contributed by atoms with Gasteiger partial charge in [-0.3, -0.25) is 9.50 Å². The van der Waals surface area contributed by atoms with Gasteiger partial charge in [-0.05, 0) is 70.1 Å². The molecule has 1 aliphatic carbocycles. The number of alkyl carbamates (subject to hydrolysis) is 1. The Bertz CT molecular complexity index is 1170. The Morgan fingerprint density at radius 3 is 2.27 bits per heavy atom. The second kappa shape index (κ2) is 12.4. The number of hydrogen-bond donors (Lipinski definition) is 2. The van der Waals surface area contributed by atoms with Gasteiger partial charge in [0.05, 0.1) is 18.6 Å². The van der Waals surface area contributed by atoms with Crippen molar-refractivity contribution in [3.8, 4) is 11.1 Å². The average Bonchev–Trinajstić information content (AvgIpc) is 2.79. The Labute approximate surface area is 219 Å². The predicted molar refractivity (Wildman–Crippen MR) is 142 cm³/mol. The normalized spacial score (nSPS) is 18.1. The molecule has 1 aliphatic rings. The first-order chi connectivity index (χ1) is 17.4. The average molecular weight is 533 g/mol. The third-order valence-electron chi connectivity index (χ3n) is 5.76. The molecule has 2 aromatic rings. The first-order valence-corrected chi connectivity index (χ1v) is 14.2. The van der Waals surface area contributed by atoms with E-state index in [2.05, 4.69) is 10.6 Å². The van der Waals surface area contributed by atoms with Crippen LogP contribution in [0.1, 0.15) is 52.0 Å². The first-order valence-electron chi connectivity index (χ1n) is 12.4. The van der Waals surface area contributed by atoms with E-state index < -0.39 is 27.9 Å². The Morgan fingerprint density at radius 1 is 0.973 bits per heavy atom. The summed E-state index contributed by atoms with van der Waals surface area (Å²) >= 11 is 0. The summed E-state index contributed by atoms with van der Waals surface area (Å²) in [6.45, 7) is 5.46. The lowest BCUT2D eigenvalue weighted by Gasteiger charge is -2.30. The van der Waals surface area contributed by atoms with Gasteiger partial charge < -0.3 is 14.8 Å². The minimum Gasteiger partial charge on any atom is -0.446 e. The van der Waals surface area contributed by atoms with Gasteiger partial charge in [0, 0.05) is 11.6 Å². The van der Waals surface area contributed by atoms with Crippen LogP contribution in [0.15, 0.2) is 48.5 Å². The van der Waals surface area contributed by atoms with E-state index in [1.54, 1.807) is 6.07 Å². The quantitative estimate of drug-likeness (QED) is 0.445. The second-order valence-electron chi connectivity index (χ2n) is 10.2. The van der Waals surface area contributed by atoms with E-state index in [9.17, 15) is 18.0 Å². The van der Waals surface area contributed by atoms with Crippen LogP contribution in [0.3, 0.4) is 0 Å². The third-order valence-corrected chi connectivity index (χ3v) is 6.36. The van der Waals surface area contributed by atoms with Crippen molar-refractivity contribution in [2.24, 2.45) is 0 Å². The number of rotatable bonds is 8. The second-order valence-corrected chi connectivity index (χ2v) is 11.8. The van der Waals surface area contributed by atoms with Crippen LogP contribution in [0.25, 0.3) is 11.1 Å². The fourth-order valence-corrected chi connectivity index (χ4v) is 4.51. The van der Waals surface area contributed by atoms with Crippen LogP contribution in [0.4, 0.5) is 15.3 Å². The van der Waals surface area contributed by atoms with Gasteiger partial charge in [0.2, 0.25) is 0 Å². The molecular weight excluding hydrogens is 496 g/mol. The highest BCUT2D eigenvalue weighted by atomic mass is 32.2. The molecule has 0 aromatic heterocycles. The van der Waals surface area contributed by atoms with Gasteiger partial charge in [-0.2, -0.15) is 8.42 Å².